The Labute approximate surface area is 155 Å². The largest absolute Gasteiger partial charge is 0.444 e. The van der Waals surface area contributed by atoms with Crippen LogP contribution in [0.25, 0.3) is 0 Å². The van der Waals surface area contributed by atoms with Gasteiger partial charge in [0.15, 0.2) is 0 Å². The van der Waals surface area contributed by atoms with Crippen LogP contribution in [0.4, 0.5) is 4.79 Å². The van der Waals surface area contributed by atoms with Crippen molar-refractivity contribution in [2.75, 3.05) is 13.1 Å². The fraction of sp³-hybridized carbons (Fsp3) is 0.529. The van der Waals surface area contributed by atoms with Gasteiger partial charge in [-0.2, -0.15) is 0 Å². The molecule has 1 aromatic carbocycles. The van der Waals surface area contributed by atoms with E-state index in [0.717, 1.165) is 16.5 Å². The number of nitrogens with one attached hydrogen (secondary N) is 1. The number of rotatable bonds is 3. The van der Waals surface area contributed by atoms with Gasteiger partial charge in [0.2, 0.25) is 5.91 Å². The Kier molecular flexibility index (Phi) is 6.15. The molecule has 7 heteroatoms. The van der Waals surface area contributed by atoms with Gasteiger partial charge >= 0.3 is 6.09 Å². The summed E-state index contributed by atoms with van der Waals surface area (Å²) < 4.78 is 6.05. The molecule has 1 fully saturated rings. The van der Waals surface area contributed by atoms with Crippen LogP contribution in [0.15, 0.2) is 22.7 Å². The predicted octanol–water partition coefficient (Wildman–Crippen LogP) is 3.77. The Morgan fingerprint density at radius 3 is 2.75 bits per heavy atom. The molecular formula is C17H22BrClN2O3. The summed E-state index contributed by atoms with van der Waals surface area (Å²) in [5.74, 6) is 0.0295. The molecule has 2 amide bonds. The van der Waals surface area contributed by atoms with Crippen LogP contribution in [-0.4, -0.2) is 41.6 Å². The Hall–Kier alpha value is -1.27. The van der Waals surface area contributed by atoms with Gasteiger partial charge in [-0.15, -0.1) is 0 Å². The van der Waals surface area contributed by atoms with E-state index in [1.807, 2.05) is 32.9 Å². The van der Waals surface area contributed by atoms with Crippen molar-refractivity contribution >= 4 is 39.5 Å². The third-order valence-electron chi connectivity index (χ3n) is 3.60. The van der Waals surface area contributed by atoms with Crippen molar-refractivity contribution in [3.05, 3.63) is 33.3 Å². The average molecular weight is 418 g/mol. The minimum atomic E-state index is -0.529. The lowest BCUT2D eigenvalue weighted by atomic mass is 10.1. The van der Waals surface area contributed by atoms with Crippen molar-refractivity contribution in [1.82, 2.24) is 10.2 Å². The van der Waals surface area contributed by atoms with E-state index in [4.69, 9.17) is 16.3 Å². The van der Waals surface area contributed by atoms with Crippen LogP contribution in [-0.2, 0) is 16.0 Å². The van der Waals surface area contributed by atoms with Crippen LogP contribution >= 0.6 is 27.5 Å². The number of carbonyl (C=O) groups is 2. The number of hydrogen-bond donors (Lipinski definition) is 1. The number of likely N-dealkylation sites (tertiary alicyclic amines) is 1. The lowest BCUT2D eigenvalue weighted by Crippen LogP contribution is -2.41. The normalized spacial score (nSPS) is 17.7. The second kappa shape index (κ2) is 7.74. The van der Waals surface area contributed by atoms with E-state index in [2.05, 4.69) is 21.2 Å². The molecule has 132 valence electrons. The van der Waals surface area contributed by atoms with Gasteiger partial charge in [0.25, 0.3) is 0 Å². The van der Waals surface area contributed by atoms with Crippen LogP contribution in [0.3, 0.4) is 0 Å². The molecule has 1 saturated heterocycles. The number of halogens is 2. The molecule has 1 aromatic rings. The van der Waals surface area contributed by atoms with Gasteiger partial charge in [-0.05, 0) is 60.8 Å². The van der Waals surface area contributed by atoms with E-state index in [-0.39, 0.29) is 11.9 Å². The number of amides is 2. The molecule has 5 nitrogen and oxygen atoms in total. The zero-order chi connectivity index (χ0) is 17.9. The molecule has 0 saturated carbocycles. The van der Waals surface area contributed by atoms with Gasteiger partial charge in [0, 0.05) is 17.6 Å². The summed E-state index contributed by atoms with van der Waals surface area (Å²) in [7, 11) is 0. The first-order chi connectivity index (χ1) is 11.1. The predicted molar refractivity (Wildman–Crippen MR) is 97.2 cm³/mol. The summed E-state index contributed by atoms with van der Waals surface area (Å²) in [6.07, 6.45) is 0.583. The summed E-state index contributed by atoms with van der Waals surface area (Å²) in [5, 5.41) is 3.41. The summed E-state index contributed by atoms with van der Waals surface area (Å²) in [4.78, 5) is 26.0. The molecule has 0 radical (unpaired) electrons. The van der Waals surface area contributed by atoms with Crippen LogP contribution in [0, 0.1) is 0 Å². The van der Waals surface area contributed by atoms with E-state index in [0.29, 0.717) is 24.5 Å². The van der Waals surface area contributed by atoms with Crippen LogP contribution in [0.1, 0.15) is 32.8 Å². The summed E-state index contributed by atoms with van der Waals surface area (Å²) in [6, 6.07) is 5.43. The molecule has 1 aliphatic rings. The summed E-state index contributed by atoms with van der Waals surface area (Å²) in [6.45, 7) is 6.59. The number of alkyl carbamates (subject to hydrolysis) is 1. The van der Waals surface area contributed by atoms with Gasteiger partial charge < -0.3 is 15.0 Å². The maximum absolute atomic E-state index is 12.4. The average Bonchev–Trinajstić information content (AvgIpc) is 2.89. The van der Waals surface area contributed by atoms with Crippen molar-refractivity contribution in [2.24, 2.45) is 0 Å². The smallest absolute Gasteiger partial charge is 0.407 e. The first-order valence-corrected chi connectivity index (χ1v) is 9.02. The minimum absolute atomic E-state index is 0.0295. The van der Waals surface area contributed by atoms with Crippen molar-refractivity contribution < 1.29 is 14.3 Å². The van der Waals surface area contributed by atoms with E-state index in [9.17, 15) is 9.59 Å². The maximum atomic E-state index is 12.4. The van der Waals surface area contributed by atoms with Crippen LogP contribution in [0.2, 0.25) is 5.02 Å². The van der Waals surface area contributed by atoms with E-state index in [1.165, 1.54) is 0 Å². The fourth-order valence-electron chi connectivity index (χ4n) is 2.51. The van der Waals surface area contributed by atoms with Crippen molar-refractivity contribution in [3.8, 4) is 0 Å². The fourth-order valence-corrected chi connectivity index (χ4v) is 2.96. The van der Waals surface area contributed by atoms with E-state index >= 15 is 0 Å². The zero-order valence-electron chi connectivity index (χ0n) is 14.1. The third-order valence-corrected chi connectivity index (χ3v) is 4.83. The van der Waals surface area contributed by atoms with Crippen LogP contribution < -0.4 is 5.32 Å². The van der Waals surface area contributed by atoms with Gasteiger partial charge in [-0.1, -0.05) is 17.7 Å². The molecule has 24 heavy (non-hydrogen) atoms. The van der Waals surface area contributed by atoms with Gasteiger partial charge in [0.05, 0.1) is 17.5 Å². The molecule has 1 aliphatic heterocycles. The molecule has 0 unspecified atom stereocenters. The Morgan fingerprint density at radius 1 is 1.42 bits per heavy atom. The highest BCUT2D eigenvalue weighted by atomic mass is 79.9. The van der Waals surface area contributed by atoms with Gasteiger partial charge in [0.1, 0.15) is 5.60 Å². The second-order valence-corrected chi connectivity index (χ2v) is 8.16. The molecule has 0 bridgehead atoms. The molecule has 1 atom stereocenters. The van der Waals surface area contributed by atoms with Crippen molar-refractivity contribution in [3.63, 3.8) is 0 Å². The first kappa shape index (κ1) is 19.1. The Bertz CT molecular complexity index is 631. The molecule has 0 aliphatic carbocycles. The minimum Gasteiger partial charge on any atom is -0.444 e. The van der Waals surface area contributed by atoms with Crippen molar-refractivity contribution in [1.29, 1.82) is 0 Å². The van der Waals surface area contributed by atoms with Crippen molar-refractivity contribution in [2.45, 2.75) is 45.3 Å². The highest BCUT2D eigenvalue weighted by Gasteiger charge is 2.28. The highest BCUT2D eigenvalue weighted by molar-refractivity contribution is 9.10. The summed E-state index contributed by atoms with van der Waals surface area (Å²) >= 11 is 9.39. The highest BCUT2D eigenvalue weighted by Crippen LogP contribution is 2.24. The number of hydrogen-bond acceptors (Lipinski definition) is 3. The lowest BCUT2D eigenvalue weighted by molar-refractivity contribution is -0.129. The molecular weight excluding hydrogens is 396 g/mol. The van der Waals surface area contributed by atoms with E-state index < -0.39 is 11.7 Å². The Morgan fingerprint density at radius 2 is 2.12 bits per heavy atom. The number of benzene rings is 1. The number of ether oxygens (including phenoxy) is 1. The second-order valence-electron chi connectivity index (χ2n) is 6.90. The zero-order valence-corrected chi connectivity index (χ0v) is 16.4. The van der Waals surface area contributed by atoms with Gasteiger partial charge in [-0.25, -0.2) is 4.79 Å². The van der Waals surface area contributed by atoms with Gasteiger partial charge in [-0.3, -0.25) is 4.79 Å². The number of nitrogens with zero attached hydrogens (tertiary/aromatic N) is 1. The molecule has 1 N–H and O–H groups in total. The van der Waals surface area contributed by atoms with Crippen LogP contribution in [0.5, 0.6) is 0 Å². The molecule has 0 spiro atoms. The maximum Gasteiger partial charge on any atom is 0.407 e. The quantitative estimate of drug-likeness (QED) is 0.814. The first-order valence-electron chi connectivity index (χ1n) is 7.85. The monoisotopic (exact) mass is 416 g/mol. The SMILES string of the molecule is CC(C)(C)OC(=O)N[C@H]1CCN(C(=O)Cc2ccc(Br)c(Cl)c2)C1. The molecule has 1 heterocycles. The third kappa shape index (κ3) is 5.67. The molecule has 2 rings (SSSR count). The number of carbonyl (C=O) groups excluding carboxylic acids is 2. The topological polar surface area (TPSA) is 58.6 Å². The molecule has 0 aromatic heterocycles. The Balaban J connectivity index is 1.85. The standard InChI is InChI=1S/C17H22BrClN2O3/c1-17(2,3)24-16(23)20-12-6-7-21(10-12)15(22)9-11-4-5-13(18)14(19)8-11/h4-5,8,12H,6-7,9-10H2,1-3H3,(H,20,23)/t12-/m0/s1. The summed E-state index contributed by atoms with van der Waals surface area (Å²) in [5.41, 5.74) is 0.343. The van der Waals surface area contributed by atoms with E-state index in [1.54, 1.807) is 11.0 Å². The lowest BCUT2D eigenvalue weighted by Gasteiger charge is -2.22.